The van der Waals surface area contributed by atoms with Gasteiger partial charge in [-0.1, -0.05) is 37.8 Å². The molecule has 4 rings (SSSR count). The molecule has 9 nitrogen and oxygen atoms in total. The summed E-state index contributed by atoms with van der Waals surface area (Å²) < 4.78 is 47.2. The van der Waals surface area contributed by atoms with E-state index in [-0.39, 0.29) is 40.8 Å². The topological polar surface area (TPSA) is 132 Å². The van der Waals surface area contributed by atoms with E-state index in [2.05, 4.69) is 10.3 Å². The highest BCUT2D eigenvalue weighted by molar-refractivity contribution is 7.90. The molecule has 1 aromatic carbocycles. The van der Waals surface area contributed by atoms with Gasteiger partial charge in [0.1, 0.15) is 0 Å². The van der Waals surface area contributed by atoms with Crippen molar-refractivity contribution < 1.29 is 31.9 Å². The van der Waals surface area contributed by atoms with E-state index < -0.39 is 28.7 Å². The van der Waals surface area contributed by atoms with E-state index in [1.165, 1.54) is 5.38 Å². The lowest BCUT2D eigenvalue weighted by molar-refractivity contribution is -0.119. The Kier molecular flexibility index (Phi) is 8.09. The molecule has 36 heavy (non-hydrogen) atoms. The molecule has 2 aliphatic rings. The SMILES string of the molecule is CCOP(=O)(OCC)C(O)c1csc(NC(=O)C2(c3ccc(S(C)(=O)=O)cc3)CC2C2CCCC2)n1. The molecule has 2 aromatic rings. The van der Waals surface area contributed by atoms with E-state index in [1.54, 1.807) is 38.1 Å². The van der Waals surface area contributed by atoms with Crippen LogP contribution in [0.25, 0.3) is 0 Å². The zero-order chi connectivity index (χ0) is 26.1. The van der Waals surface area contributed by atoms with Gasteiger partial charge in [-0.3, -0.25) is 9.36 Å². The van der Waals surface area contributed by atoms with Crippen molar-refractivity contribution in [1.29, 1.82) is 0 Å². The van der Waals surface area contributed by atoms with Crippen LogP contribution < -0.4 is 5.32 Å². The molecule has 2 aliphatic carbocycles. The molecule has 0 spiro atoms. The molecule has 198 valence electrons. The molecule has 2 fully saturated rings. The third-order valence-corrected chi connectivity index (χ3v) is 11.1. The van der Waals surface area contributed by atoms with Gasteiger partial charge in [0, 0.05) is 11.6 Å². The van der Waals surface area contributed by atoms with Gasteiger partial charge in [0.25, 0.3) is 0 Å². The van der Waals surface area contributed by atoms with Gasteiger partial charge in [-0.05, 0) is 49.8 Å². The van der Waals surface area contributed by atoms with Crippen LogP contribution in [-0.2, 0) is 33.7 Å². The normalized spacial score (nSPS) is 23.5. The lowest BCUT2D eigenvalue weighted by Crippen LogP contribution is -2.31. The minimum atomic E-state index is -3.83. The molecule has 0 radical (unpaired) electrons. The first-order valence-electron chi connectivity index (χ1n) is 12.2. The summed E-state index contributed by atoms with van der Waals surface area (Å²) in [5.74, 6) is -1.16. The fourth-order valence-corrected chi connectivity index (χ4v) is 8.30. The second-order valence-corrected chi connectivity index (χ2v) is 14.4. The summed E-state index contributed by atoms with van der Waals surface area (Å²) in [5.41, 5.74) is 0.134. The Morgan fingerprint density at radius 2 is 1.83 bits per heavy atom. The first-order chi connectivity index (χ1) is 17.0. The third kappa shape index (κ3) is 5.33. The predicted molar refractivity (Wildman–Crippen MR) is 138 cm³/mol. The van der Waals surface area contributed by atoms with Crippen LogP contribution in [0.3, 0.4) is 0 Å². The largest absolute Gasteiger partial charge is 0.375 e. The number of hydrogen-bond donors (Lipinski definition) is 2. The number of carbonyl (C=O) groups is 1. The zero-order valence-electron chi connectivity index (χ0n) is 20.7. The second-order valence-electron chi connectivity index (χ2n) is 9.40. The fraction of sp³-hybridized carbons (Fsp3) is 0.583. The van der Waals surface area contributed by atoms with E-state index in [1.807, 2.05) is 0 Å². The smallest absolute Gasteiger partial charge is 0.365 e. The van der Waals surface area contributed by atoms with Crippen molar-refractivity contribution in [2.75, 3.05) is 24.8 Å². The summed E-state index contributed by atoms with van der Waals surface area (Å²) in [6, 6.07) is 6.59. The van der Waals surface area contributed by atoms with E-state index in [9.17, 15) is 22.9 Å². The molecular formula is C24H33N2O7PS2. The Morgan fingerprint density at radius 1 is 1.22 bits per heavy atom. The van der Waals surface area contributed by atoms with Crippen LogP contribution >= 0.6 is 18.9 Å². The highest BCUT2D eigenvalue weighted by atomic mass is 32.2. The molecule has 3 atom stereocenters. The number of amides is 1. The predicted octanol–water partition coefficient (Wildman–Crippen LogP) is 4.89. The number of hydrogen-bond acceptors (Lipinski definition) is 9. The van der Waals surface area contributed by atoms with Crippen LogP contribution in [-0.4, -0.2) is 43.9 Å². The van der Waals surface area contributed by atoms with Gasteiger partial charge in [-0.15, -0.1) is 11.3 Å². The maximum absolute atomic E-state index is 13.7. The van der Waals surface area contributed by atoms with Crippen LogP contribution in [0, 0.1) is 11.8 Å². The van der Waals surface area contributed by atoms with Crippen LogP contribution in [0.5, 0.6) is 0 Å². The zero-order valence-corrected chi connectivity index (χ0v) is 23.2. The summed E-state index contributed by atoms with van der Waals surface area (Å²) in [6.07, 6.45) is 6.32. The summed E-state index contributed by atoms with van der Waals surface area (Å²) in [6.45, 7) is 3.52. The van der Waals surface area contributed by atoms with Crippen molar-refractivity contribution >= 4 is 39.8 Å². The minimum Gasteiger partial charge on any atom is -0.375 e. The molecule has 3 unspecified atom stereocenters. The lowest BCUT2D eigenvalue weighted by atomic mass is 9.87. The van der Waals surface area contributed by atoms with E-state index in [4.69, 9.17) is 9.05 Å². The number of nitrogens with zero attached hydrogens (tertiary/aromatic N) is 1. The molecule has 1 heterocycles. The maximum atomic E-state index is 13.7. The van der Waals surface area contributed by atoms with Crippen LogP contribution in [0.2, 0.25) is 0 Å². The van der Waals surface area contributed by atoms with Gasteiger partial charge in [0.2, 0.25) is 5.91 Å². The second kappa shape index (κ2) is 10.6. The van der Waals surface area contributed by atoms with Crippen molar-refractivity contribution in [2.24, 2.45) is 11.8 Å². The number of rotatable bonds is 11. The van der Waals surface area contributed by atoms with Crippen molar-refractivity contribution in [3.8, 4) is 0 Å². The van der Waals surface area contributed by atoms with Crippen LogP contribution in [0.1, 0.15) is 63.1 Å². The van der Waals surface area contributed by atoms with Gasteiger partial charge in [-0.25, -0.2) is 13.4 Å². The molecule has 2 saturated carbocycles. The molecule has 1 aromatic heterocycles. The number of nitrogens with one attached hydrogen (secondary N) is 1. The maximum Gasteiger partial charge on any atom is 0.365 e. The summed E-state index contributed by atoms with van der Waals surface area (Å²) in [4.78, 5) is 18.2. The molecule has 0 bridgehead atoms. The monoisotopic (exact) mass is 556 g/mol. The van der Waals surface area contributed by atoms with E-state index >= 15 is 0 Å². The Labute approximate surface area is 216 Å². The van der Waals surface area contributed by atoms with Crippen LogP contribution in [0.15, 0.2) is 34.5 Å². The first-order valence-corrected chi connectivity index (χ1v) is 16.6. The van der Waals surface area contributed by atoms with Gasteiger partial charge >= 0.3 is 7.60 Å². The molecule has 0 saturated heterocycles. The average molecular weight is 557 g/mol. The standard InChI is InChI=1S/C24H33N2O7PS2/c1-4-32-34(29,33-5-2)21(27)20-15-35-23(25-20)26-22(28)24(14-19(24)16-8-6-7-9-16)17-10-12-18(13-11-17)36(3,30)31/h10-13,15-16,19,21,27H,4-9,14H2,1-3H3,(H,25,26,28). The average Bonchev–Trinajstić information content (AvgIpc) is 3.15. The van der Waals surface area contributed by atoms with Gasteiger partial charge in [0.15, 0.2) is 20.8 Å². The number of anilines is 1. The van der Waals surface area contributed by atoms with E-state index in [0.717, 1.165) is 48.8 Å². The summed E-state index contributed by atoms with van der Waals surface area (Å²) in [7, 11) is -7.17. The van der Waals surface area contributed by atoms with E-state index in [0.29, 0.717) is 12.3 Å². The quantitative estimate of drug-likeness (QED) is 0.374. The first kappa shape index (κ1) is 27.4. The van der Waals surface area contributed by atoms with Crippen molar-refractivity contribution in [2.45, 2.75) is 62.1 Å². The Morgan fingerprint density at radius 3 is 2.39 bits per heavy atom. The Balaban J connectivity index is 1.58. The van der Waals surface area contributed by atoms with Gasteiger partial charge < -0.3 is 19.5 Å². The minimum absolute atomic E-state index is 0.102. The van der Waals surface area contributed by atoms with Crippen LogP contribution in [0.4, 0.5) is 5.13 Å². The third-order valence-electron chi connectivity index (χ3n) is 7.11. The summed E-state index contributed by atoms with van der Waals surface area (Å²) >= 11 is 1.12. The molecular weight excluding hydrogens is 523 g/mol. The fourth-order valence-electron chi connectivity index (χ4n) is 5.31. The van der Waals surface area contributed by atoms with Gasteiger partial charge in [-0.2, -0.15) is 0 Å². The van der Waals surface area contributed by atoms with Crippen molar-refractivity contribution in [3.63, 3.8) is 0 Å². The van der Waals surface area contributed by atoms with Crippen molar-refractivity contribution in [3.05, 3.63) is 40.9 Å². The molecule has 12 heteroatoms. The van der Waals surface area contributed by atoms with Crippen molar-refractivity contribution in [1.82, 2.24) is 4.98 Å². The number of benzene rings is 1. The molecule has 2 N–H and O–H groups in total. The lowest BCUT2D eigenvalue weighted by Gasteiger charge is -2.21. The van der Waals surface area contributed by atoms with Gasteiger partial charge in [0.05, 0.1) is 29.2 Å². The number of aliphatic hydroxyl groups is 1. The number of aromatic nitrogens is 1. The Bertz CT molecular complexity index is 1230. The number of sulfone groups is 1. The highest BCUT2D eigenvalue weighted by Crippen LogP contribution is 2.62. The highest BCUT2D eigenvalue weighted by Gasteiger charge is 2.63. The number of aliphatic hydroxyl groups excluding tert-OH is 1. The molecule has 0 aliphatic heterocycles. The number of carbonyl (C=O) groups excluding carboxylic acids is 1. The Hall–Kier alpha value is -1.62. The summed E-state index contributed by atoms with van der Waals surface area (Å²) in [5, 5.41) is 15.3. The number of thiazole rings is 1. The molecule has 1 amide bonds.